The van der Waals surface area contributed by atoms with Gasteiger partial charge in [0.15, 0.2) is 5.76 Å². The Labute approximate surface area is 166 Å². The number of rotatable bonds is 7. The van der Waals surface area contributed by atoms with Gasteiger partial charge in [0.1, 0.15) is 0 Å². The molecule has 1 saturated carbocycles. The Balaban J connectivity index is 1.41. The predicted octanol–water partition coefficient (Wildman–Crippen LogP) is 2.03. The topological polar surface area (TPSA) is 111 Å². The molecule has 2 aromatic heterocycles. The van der Waals surface area contributed by atoms with Crippen LogP contribution in [0, 0.1) is 0 Å². The van der Waals surface area contributed by atoms with Crippen LogP contribution >= 0.6 is 0 Å². The highest BCUT2D eigenvalue weighted by Crippen LogP contribution is 2.36. The Morgan fingerprint density at radius 1 is 1.21 bits per heavy atom. The van der Waals surface area contributed by atoms with Crippen molar-refractivity contribution in [3.63, 3.8) is 0 Å². The Hall–Kier alpha value is -3.62. The third-order valence-corrected chi connectivity index (χ3v) is 4.60. The molecule has 0 atom stereocenters. The number of aromatic nitrogens is 3. The SMILES string of the molecule is CC(=O)Nc1ccc(C(=O)NCCn2nc(-c3ccco3)n(C3CC3)c2=O)cc1. The highest BCUT2D eigenvalue weighted by molar-refractivity contribution is 5.95. The monoisotopic (exact) mass is 395 g/mol. The van der Waals surface area contributed by atoms with Gasteiger partial charge in [-0.2, -0.15) is 0 Å². The molecule has 1 aromatic carbocycles. The summed E-state index contributed by atoms with van der Waals surface area (Å²) in [6.07, 6.45) is 3.45. The van der Waals surface area contributed by atoms with Crippen molar-refractivity contribution in [2.24, 2.45) is 0 Å². The summed E-state index contributed by atoms with van der Waals surface area (Å²) in [6, 6.07) is 10.3. The molecule has 1 aliphatic rings. The normalized spacial score (nSPS) is 13.3. The molecule has 0 unspecified atom stereocenters. The van der Waals surface area contributed by atoms with Gasteiger partial charge in [-0.15, -0.1) is 5.10 Å². The van der Waals surface area contributed by atoms with Crippen LogP contribution in [0.4, 0.5) is 5.69 Å². The van der Waals surface area contributed by atoms with E-state index in [9.17, 15) is 14.4 Å². The van der Waals surface area contributed by atoms with Crippen LogP contribution in [0.25, 0.3) is 11.6 Å². The van der Waals surface area contributed by atoms with Crippen molar-refractivity contribution in [1.29, 1.82) is 0 Å². The number of carbonyl (C=O) groups is 2. The fraction of sp³-hybridized carbons (Fsp3) is 0.300. The fourth-order valence-electron chi connectivity index (χ4n) is 3.09. The number of hydrogen-bond acceptors (Lipinski definition) is 5. The van der Waals surface area contributed by atoms with E-state index in [1.165, 1.54) is 11.6 Å². The molecule has 0 spiro atoms. The lowest BCUT2D eigenvalue weighted by molar-refractivity contribution is -0.114. The van der Waals surface area contributed by atoms with Crippen molar-refractivity contribution in [3.8, 4) is 11.6 Å². The molecule has 29 heavy (non-hydrogen) atoms. The summed E-state index contributed by atoms with van der Waals surface area (Å²) in [5.41, 5.74) is 0.885. The molecule has 3 aromatic rings. The molecular weight excluding hydrogens is 374 g/mol. The van der Waals surface area contributed by atoms with Crippen molar-refractivity contribution in [1.82, 2.24) is 19.7 Å². The fourth-order valence-corrected chi connectivity index (χ4v) is 3.09. The van der Waals surface area contributed by atoms with E-state index < -0.39 is 0 Å². The third kappa shape index (κ3) is 4.13. The van der Waals surface area contributed by atoms with Crippen LogP contribution in [-0.4, -0.2) is 32.7 Å². The molecule has 0 bridgehead atoms. The molecule has 0 radical (unpaired) electrons. The minimum atomic E-state index is -0.264. The van der Waals surface area contributed by atoms with Gasteiger partial charge in [-0.3, -0.25) is 14.2 Å². The van der Waals surface area contributed by atoms with Crippen molar-refractivity contribution in [2.45, 2.75) is 32.4 Å². The lowest BCUT2D eigenvalue weighted by atomic mass is 10.2. The van der Waals surface area contributed by atoms with Crippen LogP contribution in [-0.2, 0) is 11.3 Å². The van der Waals surface area contributed by atoms with E-state index in [1.807, 2.05) is 0 Å². The van der Waals surface area contributed by atoms with Gasteiger partial charge in [-0.05, 0) is 49.2 Å². The van der Waals surface area contributed by atoms with Gasteiger partial charge in [0.25, 0.3) is 5.91 Å². The second kappa shape index (κ2) is 7.78. The molecule has 1 aliphatic carbocycles. The number of hydrogen-bond donors (Lipinski definition) is 2. The number of anilines is 1. The van der Waals surface area contributed by atoms with Crippen LogP contribution in [0.1, 0.15) is 36.2 Å². The molecule has 4 rings (SSSR count). The van der Waals surface area contributed by atoms with E-state index in [0.717, 1.165) is 12.8 Å². The maximum Gasteiger partial charge on any atom is 0.346 e. The van der Waals surface area contributed by atoms with Crippen molar-refractivity contribution in [3.05, 3.63) is 58.7 Å². The Kier molecular flexibility index (Phi) is 5.03. The number of nitrogens with zero attached hydrogens (tertiary/aromatic N) is 3. The molecule has 9 heteroatoms. The number of amides is 2. The van der Waals surface area contributed by atoms with Crippen LogP contribution in [0.2, 0.25) is 0 Å². The van der Waals surface area contributed by atoms with Crippen LogP contribution in [0.3, 0.4) is 0 Å². The van der Waals surface area contributed by atoms with E-state index in [-0.39, 0.29) is 36.6 Å². The quantitative estimate of drug-likeness (QED) is 0.636. The van der Waals surface area contributed by atoms with Gasteiger partial charge >= 0.3 is 5.69 Å². The van der Waals surface area contributed by atoms with E-state index in [0.29, 0.717) is 22.8 Å². The second-order valence-electron chi connectivity index (χ2n) is 6.92. The average molecular weight is 395 g/mol. The first kappa shape index (κ1) is 18.7. The zero-order valence-corrected chi connectivity index (χ0v) is 15.9. The summed E-state index contributed by atoms with van der Waals surface area (Å²) in [7, 11) is 0. The maximum absolute atomic E-state index is 12.7. The van der Waals surface area contributed by atoms with Gasteiger partial charge < -0.3 is 15.1 Å². The van der Waals surface area contributed by atoms with Gasteiger partial charge in [0.05, 0.1) is 12.8 Å². The third-order valence-electron chi connectivity index (χ3n) is 4.60. The number of nitrogens with one attached hydrogen (secondary N) is 2. The number of furan rings is 1. The zero-order valence-electron chi connectivity index (χ0n) is 15.9. The first-order chi connectivity index (χ1) is 14.0. The molecule has 150 valence electrons. The Morgan fingerprint density at radius 3 is 2.59 bits per heavy atom. The molecule has 2 heterocycles. The summed E-state index contributed by atoms with van der Waals surface area (Å²) in [6.45, 7) is 1.93. The van der Waals surface area contributed by atoms with Gasteiger partial charge in [0, 0.05) is 30.8 Å². The summed E-state index contributed by atoms with van der Waals surface area (Å²) >= 11 is 0. The maximum atomic E-state index is 12.7. The number of carbonyl (C=O) groups excluding carboxylic acids is 2. The molecule has 2 amide bonds. The van der Waals surface area contributed by atoms with Gasteiger partial charge in [-0.25, -0.2) is 9.48 Å². The standard InChI is InChI=1S/C20H21N5O4/c1-13(26)22-15-6-4-14(5-7-15)19(27)21-10-11-24-20(28)25(16-8-9-16)18(23-24)17-3-2-12-29-17/h2-7,12,16H,8-11H2,1H3,(H,21,27)(H,22,26). The Bertz CT molecular complexity index is 1080. The summed E-state index contributed by atoms with van der Waals surface area (Å²) in [5.74, 6) is 0.630. The predicted molar refractivity (Wildman–Crippen MR) is 106 cm³/mol. The van der Waals surface area contributed by atoms with Gasteiger partial charge in [0.2, 0.25) is 11.7 Å². The molecule has 0 aliphatic heterocycles. The van der Waals surface area contributed by atoms with Crippen molar-refractivity contribution >= 4 is 17.5 Å². The lowest BCUT2D eigenvalue weighted by Crippen LogP contribution is -2.32. The average Bonchev–Trinajstić information content (AvgIpc) is 3.27. The molecular formula is C20H21N5O4. The highest BCUT2D eigenvalue weighted by atomic mass is 16.3. The summed E-state index contributed by atoms with van der Waals surface area (Å²) < 4.78 is 8.43. The first-order valence-corrected chi connectivity index (χ1v) is 9.42. The van der Waals surface area contributed by atoms with Crippen LogP contribution in [0.15, 0.2) is 51.9 Å². The minimum Gasteiger partial charge on any atom is -0.461 e. The highest BCUT2D eigenvalue weighted by Gasteiger charge is 2.31. The van der Waals surface area contributed by atoms with E-state index in [1.54, 1.807) is 47.2 Å². The lowest BCUT2D eigenvalue weighted by Gasteiger charge is -2.06. The van der Waals surface area contributed by atoms with Gasteiger partial charge in [-0.1, -0.05) is 0 Å². The van der Waals surface area contributed by atoms with Crippen LogP contribution in [0.5, 0.6) is 0 Å². The van der Waals surface area contributed by atoms with Crippen LogP contribution < -0.4 is 16.3 Å². The molecule has 2 N–H and O–H groups in total. The van der Waals surface area contributed by atoms with Crippen molar-refractivity contribution in [2.75, 3.05) is 11.9 Å². The first-order valence-electron chi connectivity index (χ1n) is 9.42. The van der Waals surface area contributed by atoms with E-state index >= 15 is 0 Å². The minimum absolute atomic E-state index is 0.160. The number of benzene rings is 1. The molecule has 9 nitrogen and oxygen atoms in total. The smallest absolute Gasteiger partial charge is 0.346 e. The largest absolute Gasteiger partial charge is 0.461 e. The summed E-state index contributed by atoms with van der Waals surface area (Å²) in [4.78, 5) is 36.1. The zero-order chi connectivity index (χ0) is 20.4. The second-order valence-corrected chi connectivity index (χ2v) is 6.92. The van der Waals surface area contributed by atoms with E-state index in [4.69, 9.17) is 4.42 Å². The Morgan fingerprint density at radius 2 is 1.97 bits per heavy atom. The molecule has 1 fully saturated rings. The van der Waals surface area contributed by atoms with Crippen molar-refractivity contribution < 1.29 is 14.0 Å². The summed E-state index contributed by atoms with van der Waals surface area (Å²) in [5, 5.41) is 9.84. The molecule has 0 saturated heterocycles. The van der Waals surface area contributed by atoms with E-state index in [2.05, 4.69) is 15.7 Å².